The third kappa shape index (κ3) is 16.9. The number of hydrogen-bond donors (Lipinski definition) is 8. The van der Waals surface area contributed by atoms with Gasteiger partial charge in [0.05, 0.1) is 26.1 Å². The number of nitrogens with zero attached hydrogens (tertiary/aromatic N) is 5. The fourth-order valence-electron chi connectivity index (χ4n) is 8.43. The van der Waals surface area contributed by atoms with Crippen LogP contribution in [0.4, 0.5) is 35.8 Å². The van der Waals surface area contributed by atoms with E-state index in [0.29, 0.717) is 44.2 Å². The van der Waals surface area contributed by atoms with Crippen molar-refractivity contribution in [2.24, 2.45) is 23.7 Å². The van der Waals surface area contributed by atoms with Crippen LogP contribution in [0.15, 0.2) is 30.3 Å². The number of ether oxygens (including phenoxy) is 3. The summed E-state index contributed by atoms with van der Waals surface area (Å²) in [7, 11) is 2.63. The average Bonchev–Trinajstić information content (AvgIpc) is 4.19. The zero-order valence-electron chi connectivity index (χ0n) is 39.1. The van der Waals surface area contributed by atoms with Crippen LogP contribution in [-0.4, -0.2) is 106 Å². The first-order valence-electron chi connectivity index (χ1n) is 23.2. The largest absolute Gasteiger partial charge is 0.467 e. The summed E-state index contributed by atoms with van der Waals surface area (Å²) < 4.78 is 44.6. The molecule has 1 aromatic carbocycles. The Morgan fingerprint density at radius 3 is 1.77 bits per heavy atom. The van der Waals surface area contributed by atoms with E-state index in [1.807, 2.05) is 37.3 Å². The summed E-state index contributed by atoms with van der Waals surface area (Å²) in [6.07, 6.45) is 10.0. The number of amides is 5. The Labute approximate surface area is 404 Å². The van der Waals surface area contributed by atoms with Crippen molar-refractivity contribution in [3.8, 4) is 12.0 Å². The SMILES string of the molecule is CC[C@H](Nc1nc(OC)nc(NNC(=O)[C@@H](CNC(=O)O)CC2CCCC2)c1F)C(=O)N1CCCC1.COc1nc(Cl)c(F)c(NNC(=O)[C@@H](CNC(=O)OCc2ccccc2)CC2CCCC2)n1. The van der Waals surface area contributed by atoms with Gasteiger partial charge in [-0.25, -0.2) is 9.59 Å². The van der Waals surface area contributed by atoms with Gasteiger partial charge in [0.1, 0.15) is 12.6 Å². The number of alkyl carbamates (subject to hydrolysis) is 1. The van der Waals surface area contributed by atoms with Gasteiger partial charge in [0.2, 0.25) is 29.4 Å². The quantitative estimate of drug-likeness (QED) is 0.0412. The van der Waals surface area contributed by atoms with Gasteiger partial charge in [-0.3, -0.25) is 36.1 Å². The highest BCUT2D eigenvalue weighted by atomic mass is 35.5. The Bertz CT molecular complexity index is 2170. The minimum atomic E-state index is -1.22. The van der Waals surface area contributed by atoms with Gasteiger partial charge in [-0.1, -0.05) is 100 Å². The highest BCUT2D eigenvalue weighted by Gasteiger charge is 2.30. The molecule has 3 heterocycles. The van der Waals surface area contributed by atoms with Crippen LogP contribution in [0.5, 0.6) is 12.0 Å². The van der Waals surface area contributed by atoms with Gasteiger partial charge in [0.15, 0.2) is 22.6 Å². The Balaban J connectivity index is 0.000000258. The Hall–Kier alpha value is -6.52. The first kappa shape index (κ1) is 53.4. The Kier molecular flexibility index (Phi) is 21.3. The van der Waals surface area contributed by atoms with Gasteiger partial charge >= 0.3 is 24.2 Å². The minimum absolute atomic E-state index is 0.0570. The molecule has 1 saturated heterocycles. The number of carbonyl (C=O) groups excluding carboxylic acids is 4. The molecule has 3 aromatic rings. The van der Waals surface area contributed by atoms with Crippen molar-refractivity contribution in [1.29, 1.82) is 0 Å². The number of hydrogen-bond acceptors (Lipinski definition) is 15. The number of nitrogens with one attached hydrogen (secondary N) is 7. The number of rotatable bonds is 22. The van der Waals surface area contributed by atoms with Gasteiger partial charge in [-0.2, -0.15) is 28.7 Å². The van der Waals surface area contributed by atoms with Crippen molar-refractivity contribution in [2.75, 3.05) is 56.6 Å². The number of hydrazine groups is 2. The fraction of sp³-hybridized carbons (Fsp3) is 0.578. The normalized spacial score (nSPS) is 15.9. The lowest BCUT2D eigenvalue weighted by Crippen LogP contribution is -2.42. The molecular weight excluding hydrogens is 926 g/mol. The van der Waals surface area contributed by atoms with E-state index in [1.165, 1.54) is 14.2 Å². The number of carboxylic acid groups (broad SMARTS) is 1. The van der Waals surface area contributed by atoms with Crippen molar-refractivity contribution >= 4 is 59.0 Å². The van der Waals surface area contributed by atoms with E-state index >= 15 is 4.39 Å². The molecule has 0 bridgehead atoms. The summed E-state index contributed by atoms with van der Waals surface area (Å²) in [5, 5.41) is 16.3. The third-order valence-corrected chi connectivity index (χ3v) is 12.4. The van der Waals surface area contributed by atoms with Crippen LogP contribution in [0, 0.1) is 35.3 Å². The first-order valence-corrected chi connectivity index (χ1v) is 23.6. The molecule has 6 rings (SSSR count). The number of aromatic nitrogens is 4. The van der Waals surface area contributed by atoms with Crippen LogP contribution in [0.3, 0.4) is 0 Å². The lowest BCUT2D eigenvalue weighted by molar-refractivity contribution is -0.131. The maximum absolute atomic E-state index is 15.3. The lowest BCUT2D eigenvalue weighted by Gasteiger charge is -2.24. The lowest BCUT2D eigenvalue weighted by atomic mass is 9.92. The van der Waals surface area contributed by atoms with Crippen LogP contribution >= 0.6 is 11.6 Å². The van der Waals surface area contributed by atoms with E-state index in [4.69, 9.17) is 30.9 Å². The number of halogens is 3. The maximum atomic E-state index is 15.3. The predicted octanol–water partition coefficient (Wildman–Crippen LogP) is 6.19. The van der Waals surface area contributed by atoms with E-state index in [2.05, 4.69) is 57.6 Å². The van der Waals surface area contributed by atoms with Gasteiger partial charge in [0, 0.05) is 26.2 Å². The molecule has 2 saturated carbocycles. The maximum Gasteiger partial charge on any atom is 0.407 e. The summed E-state index contributed by atoms with van der Waals surface area (Å²) in [5.74, 6) is -4.21. The fourth-order valence-corrected chi connectivity index (χ4v) is 8.59. The molecule has 2 aliphatic carbocycles. The monoisotopic (exact) mass is 988 g/mol. The standard InChI is InChI=1S/C23H36FN7O5.C22H27ClFN5O4/c1-3-16(21(33)31-10-6-7-11-31)26-18-17(24)19(28-22(27-18)36-2)29-30-20(32)15(13-25-23(34)35)12-14-8-4-5-9-14;1-32-21-26-18(23)17(24)19(27-21)28-29-20(30)16(11-14-7-5-6-8-14)12-25-22(31)33-13-15-9-3-2-4-10-15/h14-16,25H,3-13H2,1-2H3,(H,30,32)(H,34,35)(H2,26,27,28,29);2-4,9-10,14,16H,5-8,11-13H2,1H3,(H,25,31)(H,29,30)(H,26,27,28)/t15-,16+;16-/m11/s1. The van der Waals surface area contributed by atoms with Gasteiger partial charge in [-0.05, 0) is 49.5 Å². The molecule has 0 radical (unpaired) electrons. The molecule has 0 spiro atoms. The van der Waals surface area contributed by atoms with Gasteiger partial charge < -0.3 is 40.2 Å². The van der Waals surface area contributed by atoms with Crippen LogP contribution in [0.1, 0.15) is 96.0 Å². The third-order valence-electron chi connectivity index (χ3n) is 12.2. The molecule has 2 aromatic heterocycles. The molecule has 3 aliphatic rings. The van der Waals surface area contributed by atoms with Gasteiger partial charge in [-0.15, -0.1) is 0 Å². The van der Waals surface area contributed by atoms with Crippen molar-refractivity contribution in [3.05, 3.63) is 52.7 Å². The molecule has 1 aliphatic heterocycles. The minimum Gasteiger partial charge on any atom is -0.467 e. The van der Waals surface area contributed by atoms with Crippen molar-refractivity contribution in [1.82, 2.24) is 46.3 Å². The smallest absolute Gasteiger partial charge is 0.407 e. The zero-order chi connectivity index (χ0) is 49.7. The molecule has 24 heteroatoms. The van der Waals surface area contributed by atoms with Crippen molar-refractivity contribution in [3.63, 3.8) is 0 Å². The van der Waals surface area contributed by atoms with Gasteiger partial charge in [0.25, 0.3) is 0 Å². The summed E-state index contributed by atoms with van der Waals surface area (Å²) >= 11 is 5.73. The van der Waals surface area contributed by atoms with Crippen LogP contribution < -0.4 is 47.1 Å². The number of benzene rings is 1. The molecule has 0 unspecified atom stereocenters. The Morgan fingerprint density at radius 1 is 0.739 bits per heavy atom. The molecule has 69 heavy (non-hydrogen) atoms. The molecule has 5 amide bonds. The van der Waals surface area contributed by atoms with Crippen LogP contribution in [0.2, 0.25) is 5.15 Å². The summed E-state index contributed by atoms with van der Waals surface area (Å²) in [5.41, 5.74) is 10.7. The average molecular weight is 990 g/mol. The number of anilines is 3. The van der Waals surface area contributed by atoms with Crippen LogP contribution in [-0.2, 0) is 25.7 Å². The molecule has 3 atom stereocenters. The molecule has 21 nitrogen and oxygen atoms in total. The van der Waals surface area contributed by atoms with E-state index in [9.17, 15) is 28.4 Å². The molecule has 378 valence electrons. The van der Waals surface area contributed by atoms with Crippen LogP contribution in [0.25, 0.3) is 0 Å². The molecule has 3 fully saturated rings. The van der Waals surface area contributed by atoms with Crippen molar-refractivity contribution in [2.45, 2.75) is 103 Å². The second kappa shape index (κ2) is 27.5. The van der Waals surface area contributed by atoms with E-state index in [0.717, 1.165) is 69.8 Å². The number of methoxy groups -OCH3 is 2. The number of likely N-dealkylation sites (tertiary alicyclic amines) is 1. The summed E-state index contributed by atoms with van der Waals surface area (Å²) in [6.45, 7) is 3.31. The predicted molar refractivity (Wildman–Crippen MR) is 250 cm³/mol. The summed E-state index contributed by atoms with van der Waals surface area (Å²) in [6, 6.07) is 8.30. The van der Waals surface area contributed by atoms with E-state index in [1.54, 1.807) is 4.90 Å². The highest BCUT2D eigenvalue weighted by molar-refractivity contribution is 6.29. The highest BCUT2D eigenvalue weighted by Crippen LogP contribution is 2.32. The van der Waals surface area contributed by atoms with Crippen molar-refractivity contribution < 1.29 is 52.1 Å². The summed E-state index contributed by atoms with van der Waals surface area (Å²) in [4.78, 5) is 78.7. The topological polar surface area (TPSA) is 272 Å². The number of carbonyl (C=O) groups is 5. The first-order chi connectivity index (χ1) is 33.3. The molecule has 8 N–H and O–H groups in total. The molecular formula is C45H63ClF2N12O9. The van der Waals surface area contributed by atoms with E-state index in [-0.39, 0.29) is 55.1 Å². The second-order valence-corrected chi connectivity index (χ2v) is 17.4. The zero-order valence-corrected chi connectivity index (χ0v) is 39.8. The Morgan fingerprint density at radius 2 is 1.25 bits per heavy atom. The van der Waals surface area contributed by atoms with E-state index < -0.39 is 58.7 Å². The second-order valence-electron chi connectivity index (χ2n) is 17.0.